The van der Waals surface area contributed by atoms with E-state index in [-0.39, 0.29) is 11.8 Å². The number of unbranched alkanes of at least 4 members (excludes halogenated alkanes) is 3. The van der Waals surface area contributed by atoms with Gasteiger partial charge in [-0.15, -0.1) is 0 Å². The number of rotatable bonds is 7. The van der Waals surface area contributed by atoms with E-state index in [4.69, 9.17) is 14.3 Å². The van der Waals surface area contributed by atoms with Crippen LogP contribution in [0.25, 0.3) is 0 Å². The molecule has 1 aromatic heterocycles. The predicted molar refractivity (Wildman–Crippen MR) is 53.1 cm³/mol. The molecule has 0 bridgehead atoms. The topological polar surface area (TPSA) is 72.6 Å². The zero-order valence-corrected chi connectivity index (χ0v) is 8.73. The van der Waals surface area contributed by atoms with Crippen molar-refractivity contribution in [2.45, 2.75) is 32.6 Å². The molecule has 0 saturated carbocycles. The van der Waals surface area contributed by atoms with Crippen LogP contribution in [0.15, 0.2) is 10.7 Å². The van der Waals surface area contributed by atoms with E-state index in [0.717, 1.165) is 19.1 Å². The summed E-state index contributed by atoms with van der Waals surface area (Å²) in [6.07, 6.45) is 5.48. The molecule has 15 heavy (non-hydrogen) atoms. The predicted octanol–water partition coefficient (Wildman–Crippen LogP) is 2.33. The lowest BCUT2D eigenvalue weighted by atomic mass is 10.2. The maximum absolute atomic E-state index is 10.5. The van der Waals surface area contributed by atoms with Gasteiger partial charge in [-0.05, 0) is 6.42 Å². The normalized spacial score (nSPS) is 10.2. The molecule has 1 N–H and O–H groups in total. The molecule has 0 fully saturated rings. The Labute approximate surface area is 88.1 Å². The van der Waals surface area contributed by atoms with E-state index >= 15 is 0 Å². The van der Waals surface area contributed by atoms with E-state index < -0.39 is 5.97 Å². The number of aromatic nitrogens is 1. The molecule has 0 spiro atoms. The number of aromatic carboxylic acids is 1. The molecule has 5 heteroatoms. The SMILES string of the molecule is CCCCCCOc1nc(C(=O)O)co1. The third-order valence-corrected chi connectivity index (χ3v) is 1.93. The van der Waals surface area contributed by atoms with Crippen molar-refractivity contribution in [1.29, 1.82) is 0 Å². The molecule has 0 amide bonds. The molecule has 0 saturated heterocycles. The average Bonchev–Trinajstić information content (AvgIpc) is 2.66. The van der Waals surface area contributed by atoms with Gasteiger partial charge in [0.2, 0.25) is 0 Å². The van der Waals surface area contributed by atoms with Crippen LogP contribution in [0.1, 0.15) is 43.1 Å². The number of oxazole rings is 1. The Bertz CT molecular complexity index is 308. The number of hydrogen-bond acceptors (Lipinski definition) is 4. The lowest BCUT2D eigenvalue weighted by Gasteiger charge is -1.99. The summed E-state index contributed by atoms with van der Waals surface area (Å²) in [4.78, 5) is 14.1. The fraction of sp³-hybridized carbons (Fsp3) is 0.600. The number of carboxylic acids is 1. The monoisotopic (exact) mass is 213 g/mol. The molecule has 84 valence electrons. The summed E-state index contributed by atoms with van der Waals surface area (Å²) in [5, 5.41) is 8.56. The summed E-state index contributed by atoms with van der Waals surface area (Å²) in [7, 11) is 0. The van der Waals surface area contributed by atoms with Crippen molar-refractivity contribution in [3.8, 4) is 6.08 Å². The Kier molecular flexibility index (Phi) is 4.66. The third kappa shape index (κ3) is 4.01. The molecule has 5 nitrogen and oxygen atoms in total. The standard InChI is InChI=1S/C10H15NO4/c1-2-3-4-5-6-14-10-11-8(7-15-10)9(12)13/h7H,2-6H2,1H3,(H,12,13). The second-order valence-corrected chi connectivity index (χ2v) is 3.21. The van der Waals surface area contributed by atoms with Crippen molar-refractivity contribution >= 4 is 5.97 Å². The molecule has 0 aliphatic heterocycles. The van der Waals surface area contributed by atoms with Crippen molar-refractivity contribution in [2.75, 3.05) is 6.61 Å². The summed E-state index contributed by atoms with van der Waals surface area (Å²) in [5.41, 5.74) is -0.126. The van der Waals surface area contributed by atoms with Gasteiger partial charge in [0.05, 0.1) is 6.61 Å². The Hall–Kier alpha value is -1.52. The molecule has 0 aromatic carbocycles. The van der Waals surface area contributed by atoms with Crippen molar-refractivity contribution in [3.63, 3.8) is 0 Å². The van der Waals surface area contributed by atoms with Crippen LogP contribution in [0.4, 0.5) is 0 Å². The molecule has 1 heterocycles. The van der Waals surface area contributed by atoms with E-state index in [1.54, 1.807) is 0 Å². The Morgan fingerprint density at radius 3 is 2.93 bits per heavy atom. The minimum Gasteiger partial charge on any atom is -0.476 e. The second-order valence-electron chi connectivity index (χ2n) is 3.21. The minimum atomic E-state index is -1.11. The van der Waals surface area contributed by atoms with E-state index in [9.17, 15) is 4.79 Å². The Balaban J connectivity index is 2.23. The van der Waals surface area contributed by atoms with Crippen molar-refractivity contribution in [2.24, 2.45) is 0 Å². The number of carbonyl (C=O) groups is 1. The van der Waals surface area contributed by atoms with Crippen LogP contribution in [0.2, 0.25) is 0 Å². The Morgan fingerprint density at radius 1 is 1.53 bits per heavy atom. The number of carboxylic acid groups (broad SMARTS) is 1. The summed E-state index contributed by atoms with van der Waals surface area (Å²) < 4.78 is 9.96. The third-order valence-electron chi connectivity index (χ3n) is 1.93. The van der Waals surface area contributed by atoms with Crippen LogP contribution < -0.4 is 4.74 Å². The first kappa shape index (κ1) is 11.6. The van der Waals surface area contributed by atoms with Gasteiger partial charge in [0.1, 0.15) is 6.26 Å². The van der Waals surface area contributed by atoms with E-state index in [0.29, 0.717) is 6.61 Å². The van der Waals surface area contributed by atoms with Gasteiger partial charge in [-0.1, -0.05) is 26.2 Å². The van der Waals surface area contributed by atoms with Crippen LogP contribution in [0.3, 0.4) is 0 Å². The number of nitrogens with zero attached hydrogens (tertiary/aromatic N) is 1. The van der Waals surface area contributed by atoms with Crippen LogP contribution in [-0.2, 0) is 0 Å². The smallest absolute Gasteiger partial charge is 0.394 e. The molecule has 0 aliphatic carbocycles. The maximum Gasteiger partial charge on any atom is 0.394 e. The van der Waals surface area contributed by atoms with Crippen LogP contribution in [-0.4, -0.2) is 22.7 Å². The molecule has 0 aliphatic rings. The van der Waals surface area contributed by atoms with E-state index in [2.05, 4.69) is 11.9 Å². The molecule has 1 aromatic rings. The minimum absolute atomic E-state index is 0.0314. The molecular weight excluding hydrogens is 198 g/mol. The largest absolute Gasteiger partial charge is 0.476 e. The first-order chi connectivity index (χ1) is 7.24. The lowest BCUT2D eigenvalue weighted by Crippen LogP contribution is -1.99. The van der Waals surface area contributed by atoms with Gasteiger partial charge in [-0.25, -0.2) is 4.79 Å². The maximum atomic E-state index is 10.5. The van der Waals surface area contributed by atoms with E-state index in [1.807, 2.05) is 0 Å². The van der Waals surface area contributed by atoms with Gasteiger partial charge in [0.15, 0.2) is 5.69 Å². The number of ether oxygens (including phenoxy) is 1. The zero-order valence-electron chi connectivity index (χ0n) is 8.73. The zero-order chi connectivity index (χ0) is 11.1. The Morgan fingerprint density at radius 2 is 2.33 bits per heavy atom. The summed E-state index contributed by atoms with van der Waals surface area (Å²) in [6, 6.07) is 0. The highest BCUT2D eigenvalue weighted by Gasteiger charge is 2.10. The van der Waals surface area contributed by atoms with Crippen molar-refractivity contribution in [3.05, 3.63) is 12.0 Å². The lowest BCUT2D eigenvalue weighted by molar-refractivity contribution is 0.0690. The molecular formula is C10H15NO4. The van der Waals surface area contributed by atoms with Gasteiger partial charge >= 0.3 is 12.0 Å². The highest BCUT2D eigenvalue weighted by Crippen LogP contribution is 2.10. The summed E-state index contributed by atoms with van der Waals surface area (Å²) >= 11 is 0. The van der Waals surface area contributed by atoms with Crippen LogP contribution in [0, 0.1) is 0 Å². The van der Waals surface area contributed by atoms with E-state index in [1.165, 1.54) is 12.8 Å². The summed E-state index contributed by atoms with van der Waals surface area (Å²) in [5.74, 6) is -1.11. The van der Waals surface area contributed by atoms with Crippen molar-refractivity contribution in [1.82, 2.24) is 4.98 Å². The molecule has 1 rings (SSSR count). The summed E-state index contributed by atoms with van der Waals surface area (Å²) in [6.45, 7) is 2.65. The quantitative estimate of drug-likeness (QED) is 0.704. The fourth-order valence-corrected chi connectivity index (χ4v) is 1.11. The van der Waals surface area contributed by atoms with Gasteiger partial charge in [0.25, 0.3) is 0 Å². The first-order valence-corrected chi connectivity index (χ1v) is 5.05. The molecule has 0 unspecified atom stereocenters. The highest BCUT2D eigenvalue weighted by atomic mass is 16.6. The van der Waals surface area contributed by atoms with Gasteiger partial charge in [-0.3, -0.25) is 0 Å². The van der Waals surface area contributed by atoms with Gasteiger partial charge in [0, 0.05) is 0 Å². The first-order valence-electron chi connectivity index (χ1n) is 5.05. The second kappa shape index (κ2) is 6.06. The van der Waals surface area contributed by atoms with Gasteiger partial charge < -0.3 is 14.3 Å². The number of hydrogen-bond donors (Lipinski definition) is 1. The highest BCUT2D eigenvalue weighted by molar-refractivity contribution is 5.84. The molecule has 0 atom stereocenters. The average molecular weight is 213 g/mol. The van der Waals surface area contributed by atoms with Crippen LogP contribution in [0.5, 0.6) is 6.08 Å². The van der Waals surface area contributed by atoms with Gasteiger partial charge in [-0.2, -0.15) is 4.98 Å². The molecule has 0 radical (unpaired) electrons. The fourth-order valence-electron chi connectivity index (χ4n) is 1.11. The van der Waals surface area contributed by atoms with Crippen LogP contribution >= 0.6 is 0 Å². The van der Waals surface area contributed by atoms with Crippen molar-refractivity contribution < 1.29 is 19.1 Å².